The van der Waals surface area contributed by atoms with E-state index in [1.165, 1.54) is 0 Å². The lowest BCUT2D eigenvalue weighted by molar-refractivity contribution is -0.116. The van der Waals surface area contributed by atoms with E-state index in [9.17, 15) is 13.2 Å². The number of unbranched alkanes of at least 4 members (excludes halogenated alkanes) is 1. The summed E-state index contributed by atoms with van der Waals surface area (Å²) in [7, 11) is -3.40. The molecule has 26 heavy (non-hydrogen) atoms. The van der Waals surface area contributed by atoms with Gasteiger partial charge >= 0.3 is 0 Å². The molecule has 1 rings (SSSR count). The standard InChI is InChI=1S/C18H29NO6S/c1-3-4-12-23-13-5-7-18(20)19-16-8-10-17(11-9-16)24-14-6-15-25-26(2,21)22/h8-11H,3-7,12-15H2,1-2H3,(H,19,20). The first-order valence-electron chi connectivity index (χ1n) is 8.85. The molecule has 8 heteroatoms. The normalized spacial score (nSPS) is 11.3. The highest BCUT2D eigenvalue weighted by Crippen LogP contribution is 2.16. The SMILES string of the molecule is CCCCOCCCC(=O)Nc1ccc(OCCCOS(C)(=O)=O)cc1. The highest BCUT2D eigenvalue weighted by Gasteiger charge is 2.04. The third-order valence-electron chi connectivity index (χ3n) is 3.33. The van der Waals surface area contributed by atoms with Gasteiger partial charge in [0.25, 0.3) is 10.1 Å². The number of hydrogen-bond acceptors (Lipinski definition) is 6. The van der Waals surface area contributed by atoms with E-state index in [-0.39, 0.29) is 12.5 Å². The molecule has 0 aromatic heterocycles. The Bertz CT molecular complexity index is 615. The summed E-state index contributed by atoms with van der Waals surface area (Å²) in [6.45, 7) is 3.90. The molecule has 0 bridgehead atoms. The van der Waals surface area contributed by atoms with E-state index < -0.39 is 10.1 Å². The molecule has 1 aromatic rings. The molecule has 0 atom stereocenters. The molecule has 1 aromatic carbocycles. The number of hydrogen-bond donors (Lipinski definition) is 1. The van der Waals surface area contributed by atoms with Crippen LogP contribution < -0.4 is 10.1 Å². The fourth-order valence-electron chi connectivity index (χ4n) is 2.00. The Balaban J connectivity index is 2.18. The third-order valence-corrected chi connectivity index (χ3v) is 3.92. The van der Waals surface area contributed by atoms with Crippen molar-refractivity contribution in [2.24, 2.45) is 0 Å². The van der Waals surface area contributed by atoms with Crippen molar-refractivity contribution in [1.29, 1.82) is 0 Å². The number of ether oxygens (including phenoxy) is 2. The van der Waals surface area contributed by atoms with Crippen molar-refractivity contribution >= 4 is 21.7 Å². The van der Waals surface area contributed by atoms with Gasteiger partial charge in [-0.1, -0.05) is 13.3 Å². The first kappa shape index (κ1) is 22.4. The van der Waals surface area contributed by atoms with E-state index >= 15 is 0 Å². The second-order valence-corrected chi connectivity index (χ2v) is 7.51. The van der Waals surface area contributed by atoms with Gasteiger partial charge in [-0.15, -0.1) is 0 Å². The Morgan fingerprint density at radius 2 is 1.69 bits per heavy atom. The van der Waals surface area contributed by atoms with Gasteiger partial charge in [-0.2, -0.15) is 8.42 Å². The molecule has 1 amide bonds. The monoisotopic (exact) mass is 387 g/mol. The number of carbonyl (C=O) groups is 1. The van der Waals surface area contributed by atoms with Crippen LogP contribution in [-0.2, 0) is 23.8 Å². The van der Waals surface area contributed by atoms with Crippen molar-refractivity contribution in [3.05, 3.63) is 24.3 Å². The predicted octanol–water partition coefficient (Wildman–Crippen LogP) is 2.97. The molecule has 0 saturated carbocycles. The van der Waals surface area contributed by atoms with Crippen LogP contribution in [0.25, 0.3) is 0 Å². The summed E-state index contributed by atoms with van der Waals surface area (Å²) in [5.41, 5.74) is 0.703. The molecular weight excluding hydrogens is 358 g/mol. The number of anilines is 1. The van der Waals surface area contributed by atoms with Gasteiger partial charge in [0, 0.05) is 31.7 Å². The predicted molar refractivity (Wildman–Crippen MR) is 101 cm³/mol. The fraction of sp³-hybridized carbons (Fsp3) is 0.611. The van der Waals surface area contributed by atoms with Gasteiger partial charge in [-0.25, -0.2) is 0 Å². The van der Waals surface area contributed by atoms with Gasteiger partial charge in [-0.05, 0) is 37.1 Å². The second kappa shape index (κ2) is 12.7. The van der Waals surface area contributed by atoms with Crippen LogP contribution in [0.3, 0.4) is 0 Å². The van der Waals surface area contributed by atoms with Crippen molar-refractivity contribution in [3.63, 3.8) is 0 Å². The average Bonchev–Trinajstić information content (AvgIpc) is 2.58. The molecule has 0 aliphatic rings. The smallest absolute Gasteiger partial charge is 0.264 e. The van der Waals surface area contributed by atoms with Gasteiger partial charge in [0.1, 0.15) is 5.75 Å². The molecule has 0 fully saturated rings. The van der Waals surface area contributed by atoms with Gasteiger partial charge < -0.3 is 14.8 Å². The number of benzene rings is 1. The maximum absolute atomic E-state index is 11.9. The number of nitrogens with one attached hydrogen (secondary N) is 1. The van der Waals surface area contributed by atoms with Gasteiger partial charge in [0.15, 0.2) is 0 Å². The van der Waals surface area contributed by atoms with Crippen molar-refractivity contribution in [2.75, 3.05) is 38.0 Å². The Hall–Kier alpha value is -1.64. The highest BCUT2D eigenvalue weighted by atomic mass is 32.2. The quantitative estimate of drug-likeness (QED) is 0.390. The van der Waals surface area contributed by atoms with E-state index in [1.54, 1.807) is 24.3 Å². The zero-order chi connectivity index (χ0) is 19.3. The summed E-state index contributed by atoms with van der Waals surface area (Å²) >= 11 is 0. The van der Waals surface area contributed by atoms with Crippen LogP contribution in [0.1, 0.15) is 39.0 Å². The number of amides is 1. The first-order chi connectivity index (χ1) is 12.4. The number of rotatable bonds is 14. The van der Waals surface area contributed by atoms with E-state index in [0.29, 0.717) is 43.9 Å². The highest BCUT2D eigenvalue weighted by molar-refractivity contribution is 7.85. The molecule has 0 unspecified atom stereocenters. The molecular formula is C18H29NO6S. The average molecular weight is 387 g/mol. The largest absolute Gasteiger partial charge is 0.494 e. The van der Waals surface area contributed by atoms with Gasteiger partial charge in [0.05, 0.1) is 19.5 Å². The zero-order valence-electron chi connectivity index (χ0n) is 15.5. The van der Waals surface area contributed by atoms with Crippen LogP contribution in [0.15, 0.2) is 24.3 Å². The van der Waals surface area contributed by atoms with Crippen molar-refractivity contribution in [3.8, 4) is 5.75 Å². The van der Waals surface area contributed by atoms with Crippen LogP contribution in [0, 0.1) is 0 Å². The van der Waals surface area contributed by atoms with Crippen molar-refractivity contribution < 1.29 is 26.9 Å². The molecule has 0 aliphatic heterocycles. The van der Waals surface area contributed by atoms with Gasteiger partial charge in [0.2, 0.25) is 5.91 Å². The third kappa shape index (κ3) is 11.8. The first-order valence-corrected chi connectivity index (χ1v) is 10.7. The summed E-state index contributed by atoms with van der Waals surface area (Å²) in [6, 6.07) is 7.03. The fourth-order valence-corrected chi connectivity index (χ4v) is 2.42. The van der Waals surface area contributed by atoms with Crippen LogP contribution in [0.5, 0.6) is 5.75 Å². The summed E-state index contributed by atoms with van der Waals surface area (Å²) in [5, 5.41) is 2.83. The van der Waals surface area contributed by atoms with E-state index in [1.807, 2.05) is 0 Å². The lowest BCUT2D eigenvalue weighted by Gasteiger charge is -2.08. The lowest BCUT2D eigenvalue weighted by Crippen LogP contribution is -2.12. The maximum atomic E-state index is 11.9. The molecule has 0 aliphatic carbocycles. The zero-order valence-corrected chi connectivity index (χ0v) is 16.3. The second-order valence-electron chi connectivity index (χ2n) is 5.87. The summed E-state index contributed by atoms with van der Waals surface area (Å²) in [5.74, 6) is 0.599. The van der Waals surface area contributed by atoms with Crippen molar-refractivity contribution in [2.45, 2.75) is 39.0 Å². The minimum atomic E-state index is -3.40. The van der Waals surface area contributed by atoms with E-state index in [2.05, 4.69) is 16.4 Å². The van der Waals surface area contributed by atoms with Crippen LogP contribution in [-0.4, -0.2) is 47.0 Å². The minimum Gasteiger partial charge on any atom is -0.494 e. The van der Waals surface area contributed by atoms with Crippen LogP contribution >= 0.6 is 0 Å². The molecule has 0 radical (unpaired) electrons. The van der Waals surface area contributed by atoms with E-state index in [0.717, 1.165) is 25.7 Å². The maximum Gasteiger partial charge on any atom is 0.264 e. The Labute approximate surface area is 156 Å². The van der Waals surface area contributed by atoms with Crippen LogP contribution in [0.4, 0.5) is 5.69 Å². The Kier molecular flexibility index (Phi) is 10.9. The molecule has 0 heterocycles. The Morgan fingerprint density at radius 1 is 1.00 bits per heavy atom. The molecule has 1 N–H and O–H groups in total. The van der Waals surface area contributed by atoms with E-state index in [4.69, 9.17) is 9.47 Å². The van der Waals surface area contributed by atoms with Crippen molar-refractivity contribution in [1.82, 2.24) is 0 Å². The van der Waals surface area contributed by atoms with Gasteiger partial charge in [-0.3, -0.25) is 8.98 Å². The molecule has 148 valence electrons. The summed E-state index contributed by atoms with van der Waals surface area (Å²) < 4.78 is 37.2. The number of carbonyl (C=O) groups excluding carboxylic acids is 1. The molecule has 0 saturated heterocycles. The topological polar surface area (TPSA) is 90.9 Å². The Morgan fingerprint density at radius 3 is 2.35 bits per heavy atom. The van der Waals surface area contributed by atoms with Crippen LogP contribution in [0.2, 0.25) is 0 Å². The lowest BCUT2D eigenvalue weighted by atomic mass is 10.2. The summed E-state index contributed by atoms with van der Waals surface area (Å²) in [6.07, 6.45) is 4.75. The summed E-state index contributed by atoms with van der Waals surface area (Å²) in [4.78, 5) is 11.9. The molecule has 0 spiro atoms. The minimum absolute atomic E-state index is 0.0457. The molecule has 7 nitrogen and oxygen atoms in total.